The largest absolute Gasteiger partial charge is 0.368 e. The van der Waals surface area contributed by atoms with Crippen molar-refractivity contribution in [2.75, 3.05) is 5.73 Å². The van der Waals surface area contributed by atoms with E-state index in [9.17, 15) is 0 Å². The van der Waals surface area contributed by atoms with Crippen LogP contribution in [0.2, 0.25) is 0 Å². The maximum Gasteiger partial charge on any atom is 0.220 e. The van der Waals surface area contributed by atoms with Gasteiger partial charge in [-0.2, -0.15) is 0 Å². The number of nitrogen functional groups attached to an aromatic ring is 1. The average molecular weight is 386 g/mol. The number of rotatable bonds is 2. The predicted molar refractivity (Wildman–Crippen MR) is 102 cm³/mol. The molecule has 0 aliphatic rings. The summed E-state index contributed by atoms with van der Waals surface area (Å²) in [5.74, 6) is 0.264. The van der Waals surface area contributed by atoms with Gasteiger partial charge in [-0.3, -0.25) is 4.98 Å². The van der Waals surface area contributed by atoms with E-state index in [1.54, 1.807) is 12.4 Å². The Bertz CT molecular complexity index is 852. The molecule has 0 saturated heterocycles. The van der Waals surface area contributed by atoms with Gasteiger partial charge in [-0.25, -0.2) is 9.97 Å². The number of anilines is 1. The number of nitrogens with zero attached hydrogens (tertiary/aromatic N) is 3. The number of aryl methyl sites for hydroxylation is 3. The van der Waals surface area contributed by atoms with Gasteiger partial charge in [-0.1, -0.05) is 17.7 Å². The summed E-state index contributed by atoms with van der Waals surface area (Å²) in [7, 11) is 0. The fourth-order valence-electron chi connectivity index (χ4n) is 2.86. The van der Waals surface area contributed by atoms with Crippen molar-refractivity contribution in [3.05, 3.63) is 57.8 Å². The molecule has 24 heavy (non-hydrogen) atoms. The van der Waals surface area contributed by atoms with Crippen molar-refractivity contribution < 1.29 is 0 Å². The molecule has 3 rings (SSSR count). The fourth-order valence-corrected chi connectivity index (χ4v) is 3.10. The van der Waals surface area contributed by atoms with E-state index in [1.165, 1.54) is 16.7 Å². The summed E-state index contributed by atoms with van der Waals surface area (Å²) in [6.45, 7) is 6.27. The Morgan fingerprint density at radius 2 is 1.62 bits per heavy atom. The minimum absolute atomic E-state index is 0. The lowest BCUT2D eigenvalue weighted by molar-refractivity contribution is 1.16. The maximum atomic E-state index is 5.85. The molecule has 0 aliphatic carbocycles. The van der Waals surface area contributed by atoms with Gasteiger partial charge in [0.25, 0.3) is 0 Å². The molecular formula is C18H20BrN5. The molecule has 6 heteroatoms. The number of hydrogen-bond donors (Lipinski definition) is 2. The van der Waals surface area contributed by atoms with Gasteiger partial charge in [0.1, 0.15) is 0 Å². The molecule has 5 N–H and O–H groups in total. The zero-order chi connectivity index (χ0) is 16.6. The van der Waals surface area contributed by atoms with E-state index in [2.05, 4.69) is 63.8 Å². The second-order valence-corrected chi connectivity index (χ2v) is 6.54. The van der Waals surface area contributed by atoms with Crippen LogP contribution >= 0.6 is 15.9 Å². The smallest absolute Gasteiger partial charge is 0.220 e. The number of benzene rings is 1. The van der Waals surface area contributed by atoms with E-state index in [4.69, 9.17) is 5.73 Å². The molecule has 0 aliphatic heterocycles. The molecule has 0 radical (unpaired) electrons. The van der Waals surface area contributed by atoms with Gasteiger partial charge in [0.15, 0.2) is 0 Å². The average Bonchev–Trinajstić information content (AvgIpc) is 2.47. The molecule has 0 atom stereocenters. The molecule has 5 nitrogen and oxygen atoms in total. The van der Waals surface area contributed by atoms with E-state index >= 15 is 0 Å². The number of nitrogens with two attached hydrogens (primary N) is 1. The first-order valence-corrected chi connectivity index (χ1v) is 8.07. The van der Waals surface area contributed by atoms with Crippen molar-refractivity contribution in [1.82, 2.24) is 21.1 Å². The third-order valence-corrected chi connectivity index (χ3v) is 4.19. The quantitative estimate of drug-likeness (QED) is 0.669. The molecule has 0 bridgehead atoms. The summed E-state index contributed by atoms with van der Waals surface area (Å²) in [6.07, 6.45) is 3.51. The molecule has 0 spiro atoms. The minimum Gasteiger partial charge on any atom is -0.368 e. The Morgan fingerprint density at radius 3 is 2.21 bits per heavy atom. The molecule has 0 saturated carbocycles. The van der Waals surface area contributed by atoms with Crippen LogP contribution in [-0.2, 0) is 0 Å². The second-order valence-electron chi connectivity index (χ2n) is 5.63. The van der Waals surface area contributed by atoms with E-state index in [1.807, 2.05) is 12.1 Å². The summed E-state index contributed by atoms with van der Waals surface area (Å²) in [5.41, 5.74) is 13.0. The minimum atomic E-state index is 0. The normalized spacial score (nSPS) is 10.3. The Hall–Kier alpha value is -2.31. The molecule has 0 amide bonds. The molecule has 2 aromatic heterocycles. The van der Waals surface area contributed by atoms with Crippen molar-refractivity contribution in [2.45, 2.75) is 20.8 Å². The number of pyridine rings is 1. The monoisotopic (exact) mass is 385 g/mol. The highest BCUT2D eigenvalue weighted by atomic mass is 79.9. The van der Waals surface area contributed by atoms with Gasteiger partial charge >= 0.3 is 0 Å². The van der Waals surface area contributed by atoms with Crippen LogP contribution < -0.4 is 11.9 Å². The van der Waals surface area contributed by atoms with Gasteiger partial charge < -0.3 is 11.9 Å². The summed E-state index contributed by atoms with van der Waals surface area (Å²) in [4.78, 5) is 13.1. The third kappa shape index (κ3) is 3.44. The van der Waals surface area contributed by atoms with Crippen molar-refractivity contribution in [3.63, 3.8) is 0 Å². The Labute approximate surface area is 150 Å². The molecule has 0 unspecified atom stereocenters. The summed E-state index contributed by atoms with van der Waals surface area (Å²) in [5, 5.41) is 0. The first kappa shape index (κ1) is 18.0. The van der Waals surface area contributed by atoms with E-state index in [0.717, 1.165) is 27.0 Å². The SMILES string of the molecule is Cc1cc(C)c(-c2nc(N)ncc2-c2ccc(Br)cn2)c(C)c1.N. The number of halogens is 1. The molecule has 0 fully saturated rings. The Morgan fingerprint density at radius 1 is 0.958 bits per heavy atom. The molecule has 3 aromatic rings. The standard InChI is InChI=1S/C18H17BrN4.H3N/c1-10-6-11(2)16(12(3)7-10)17-14(9-22-18(20)23-17)15-5-4-13(19)8-21-15;/h4-9H,1-3H3,(H2,20,22,23);1H3. The van der Waals surface area contributed by atoms with Crippen LogP contribution in [-0.4, -0.2) is 15.0 Å². The van der Waals surface area contributed by atoms with Crippen LogP contribution in [0.3, 0.4) is 0 Å². The van der Waals surface area contributed by atoms with Gasteiger partial charge in [0, 0.05) is 28.0 Å². The van der Waals surface area contributed by atoms with Crippen LogP contribution in [0.5, 0.6) is 0 Å². The highest BCUT2D eigenvalue weighted by Crippen LogP contribution is 2.34. The van der Waals surface area contributed by atoms with Gasteiger partial charge in [0.2, 0.25) is 5.95 Å². The lowest BCUT2D eigenvalue weighted by atomic mass is 9.94. The molecule has 124 valence electrons. The topological polar surface area (TPSA) is 99.7 Å². The van der Waals surface area contributed by atoms with Crippen LogP contribution in [0.25, 0.3) is 22.5 Å². The Kier molecular flexibility index (Phi) is 5.31. The van der Waals surface area contributed by atoms with E-state index in [-0.39, 0.29) is 12.1 Å². The molecule has 2 heterocycles. The van der Waals surface area contributed by atoms with Gasteiger partial charge in [0.05, 0.1) is 11.4 Å². The zero-order valence-corrected chi connectivity index (χ0v) is 15.6. The van der Waals surface area contributed by atoms with Crippen molar-refractivity contribution in [1.29, 1.82) is 0 Å². The van der Waals surface area contributed by atoms with E-state index < -0.39 is 0 Å². The first-order chi connectivity index (χ1) is 11.0. The Balaban J connectivity index is 0.00000208. The maximum absolute atomic E-state index is 5.85. The summed E-state index contributed by atoms with van der Waals surface area (Å²) < 4.78 is 0.932. The zero-order valence-electron chi connectivity index (χ0n) is 14.0. The molecule has 1 aromatic carbocycles. The van der Waals surface area contributed by atoms with Crippen LogP contribution in [0, 0.1) is 20.8 Å². The lowest BCUT2D eigenvalue weighted by Crippen LogP contribution is -2.02. The highest BCUT2D eigenvalue weighted by molar-refractivity contribution is 9.10. The van der Waals surface area contributed by atoms with Crippen molar-refractivity contribution >= 4 is 21.9 Å². The first-order valence-electron chi connectivity index (χ1n) is 7.28. The van der Waals surface area contributed by atoms with E-state index in [0.29, 0.717) is 0 Å². The van der Waals surface area contributed by atoms with Gasteiger partial charge in [-0.05, 0) is 60.0 Å². The fraction of sp³-hybridized carbons (Fsp3) is 0.167. The van der Waals surface area contributed by atoms with Crippen LogP contribution in [0.15, 0.2) is 41.1 Å². The summed E-state index contributed by atoms with van der Waals surface area (Å²) in [6, 6.07) is 8.21. The lowest BCUT2D eigenvalue weighted by Gasteiger charge is -2.14. The van der Waals surface area contributed by atoms with Crippen molar-refractivity contribution in [3.8, 4) is 22.5 Å². The second kappa shape index (κ2) is 7.07. The summed E-state index contributed by atoms with van der Waals surface area (Å²) >= 11 is 3.41. The van der Waals surface area contributed by atoms with Gasteiger partial charge in [-0.15, -0.1) is 0 Å². The van der Waals surface area contributed by atoms with Crippen LogP contribution in [0.1, 0.15) is 16.7 Å². The predicted octanol–water partition coefficient (Wildman–Crippen LogP) is 4.64. The van der Waals surface area contributed by atoms with Crippen LogP contribution in [0.4, 0.5) is 5.95 Å². The highest BCUT2D eigenvalue weighted by Gasteiger charge is 2.16. The number of hydrogen-bond acceptors (Lipinski definition) is 5. The molecular weight excluding hydrogens is 366 g/mol. The van der Waals surface area contributed by atoms with Crippen molar-refractivity contribution in [2.24, 2.45) is 0 Å². The number of aromatic nitrogens is 3. The third-order valence-electron chi connectivity index (χ3n) is 3.72.